The second-order valence-electron chi connectivity index (χ2n) is 8.67. The number of methoxy groups -OCH3 is 1. The van der Waals surface area contributed by atoms with Gasteiger partial charge in [0, 0.05) is 18.2 Å². The highest BCUT2D eigenvalue weighted by molar-refractivity contribution is 6.32. The van der Waals surface area contributed by atoms with E-state index >= 15 is 0 Å². The molecule has 194 valence electrons. The Balaban J connectivity index is 1.70. The van der Waals surface area contributed by atoms with Gasteiger partial charge in [0.15, 0.2) is 0 Å². The maximum atomic E-state index is 13.7. The number of hydrogen-bond donors (Lipinski definition) is 0. The van der Waals surface area contributed by atoms with Gasteiger partial charge < -0.3 is 9.64 Å². The van der Waals surface area contributed by atoms with Crippen molar-refractivity contribution in [2.75, 3.05) is 12.0 Å². The molecule has 1 atom stereocenters. The quantitative estimate of drug-likeness (QED) is 0.191. The summed E-state index contributed by atoms with van der Waals surface area (Å²) in [6.07, 6.45) is -0.287. The molecule has 11 heteroatoms. The predicted octanol–water partition coefficient (Wildman–Crippen LogP) is 4.32. The van der Waals surface area contributed by atoms with Crippen LogP contribution in [0.4, 0.5) is 11.4 Å². The summed E-state index contributed by atoms with van der Waals surface area (Å²) in [5.41, 5.74) is 1.68. The molecule has 1 fully saturated rings. The molecule has 38 heavy (non-hydrogen) atoms. The molecule has 1 aliphatic heterocycles. The Hall–Kier alpha value is -4.57. The predicted molar refractivity (Wildman–Crippen MR) is 138 cm³/mol. The van der Waals surface area contributed by atoms with Crippen LogP contribution in [-0.2, 0) is 20.9 Å². The first-order valence-electron chi connectivity index (χ1n) is 11.5. The van der Waals surface area contributed by atoms with Crippen LogP contribution in [0, 0.1) is 17.0 Å². The molecule has 0 N–H and O–H groups in total. The minimum absolute atomic E-state index is 0.0195. The number of anilines is 1. The molecule has 0 bridgehead atoms. The Morgan fingerprint density at radius 2 is 1.68 bits per heavy atom. The van der Waals surface area contributed by atoms with E-state index in [0.717, 1.165) is 16.5 Å². The minimum atomic E-state index is -1.16. The zero-order valence-electron chi connectivity index (χ0n) is 20.4. The lowest BCUT2D eigenvalue weighted by Crippen LogP contribution is -2.45. The third-order valence-corrected chi connectivity index (χ3v) is 6.49. The molecule has 1 heterocycles. The van der Waals surface area contributed by atoms with Crippen molar-refractivity contribution in [3.8, 4) is 0 Å². The van der Waals surface area contributed by atoms with Crippen molar-refractivity contribution in [1.82, 2.24) is 4.90 Å². The molecule has 0 spiro atoms. The molecule has 0 radical (unpaired) electrons. The molecule has 0 saturated carbocycles. The SMILES string of the molecule is COC(=O)c1ccc(N2C(=O)CC(N(Cc3ccc(C)cc3)C(=O)c3ccc(Cl)c([N+](=O)[O-])c3)C2=O)cc1. The number of carbonyl (C=O) groups excluding carboxylic acids is 4. The summed E-state index contributed by atoms with van der Waals surface area (Å²) in [6.45, 7) is 1.89. The number of nitro benzene ring substituents is 1. The largest absolute Gasteiger partial charge is 0.465 e. The summed E-state index contributed by atoms with van der Waals surface area (Å²) in [5, 5.41) is 11.3. The van der Waals surface area contributed by atoms with Crippen LogP contribution in [0.3, 0.4) is 0 Å². The van der Waals surface area contributed by atoms with E-state index in [-0.39, 0.29) is 34.8 Å². The van der Waals surface area contributed by atoms with Crippen molar-refractivity contribution in [3.05, 3.63) is 104 Å². The zero-order chi connectivity index (χ0) is 27.6. The zero-order valence-corrected chi connectivity index (χ0v) is 21.2. The lowest BCUT2D eigenvalue weighted by atomic mass is 10.1. The Morgan fingerprint density at radius 3 is 2.29 bits per heavy atom. The van der Waals surface area contributed by atoms with E-state index < -0.39 is 40.3 Å². The highest BCUT2D eigenvalue weighted by atomic mass is 35.5. The minimum Gasteiger partial charge on any atom is -0.465 e. The number of ether oxygens (including phenoxy) is 1. The number of halogens is 1. The number of amides is 3. The van der Waals surface area contributed by atoms with Gasteiger partial charge >= 0.3 is 5.97 Å². The van der Waals surface area contributed by atoms with Crippen LogP contribution in [0.25, 0.3) is 0 Å². The highest BCUT2D eigenvalue weighted by Crippen LogP contribution is 2.30. The average molecular weight is 536 g/mol. The lowest BCUT2D eigenvalue weighted by molar-refractivity contribution is -0.384. The van der Waals surface area contributed by atoms with Crippen molar-refractivity contribution in [2.45, 2.75) is 25.9 Å². The van der Waals surface area contributed by atoms with Gasteiger partial charge in [-0.15, -0.1) is 0 Å². The first-order chi connectivity index (χ1) is 18.1. The van der Waals surface area contributed by atoms with E-state index in [1.165, 1.54) is 48.4 Å². The molecule has 3 aromatic carbocycles. The van der Waals surface area contributed by atoms with Crippen LogP contribution < -0.4 is 4.90 Å². The van der Waals surface area contributed by atoms with Gasteiger partial charge in [0.2, 0.25) is 5.91 Å². The Bertz CT molecular complexity index is 1440. The summed E-state index contributed by atoms with van der Waals surface area (Å²) < 4.78 is 4.67. The van der Waals surface area contributed by atoms with Crippen LogP contribution >= 0.6 is 11.6 Å². The van der Waals surface area contributed by atoms with Gasteiger partial charge in [-0.3, -0.25) is 24.5 Å². The van der Waals surface area contributed by atoms with Crippen LogP contribution in [0.1, 0.15) is 38.3 Å². The van der Waals surface area contributed by atoms with Gasteiger partial charge in [0.1, 0.15) is 11.1 Å². The van der Waals surface area contributed by atoms with Crippen LogP contribution in [0.5, 0.6) is 0 Å². The third-order valence-electron chi connectivity index (χ3n) is 6.17. The summed E-state index contributed by atoms with van der Waals surface area (Å²) in [7, 11) is 1.24. The van der Waals surface area contributed by atoms with Crippen molar-refractivity contribution >= 4 is 46.7 Å². The molecule has 3 amide bonds. The van der Waals surface area contributed by atoms with Crippen LogP contribution in [0.2, 0.25) is 5.02 Å². The van der Waals surface area contributed by atoms with Gasteiger partial charge in [0.05, 0.1) is 29.7 Å². The summed E-state index contributed by atoms with van der Waals surface area (Å²) >= 11 is 5.92. The maximum Gasteiger partial charge on any atom is 0.337 e. The third kappa shape index (κ3) is 5.25. The standard InChI is InChI=1S/C27H22ClN3O7/c1-16-3-5-17(6-4-16)15-29(25(33)19-9-12-21(28)22(13-19)31(36)37)23-14-24(32)30(26(23)34)20-10-7-18(8-11-20)27(35)38-2/h3-13,23H,14-15H2,1-2H3. The summed E-state index contributed by atoms with van der Waals surface area (Å²) in [4.78, 5) is 64.8. The number of imide groups is 1. The summed E-state index contributed by atoms with van der Waals surface area (Å²) in [6, 6.07) is 15.5. The smallest absolute Gasteiger partial charge is 0.337 e. The number of nitro groups is 1. The fraction of sp³-hybridized carbons (Fsp3) is 0.185. The van der Waals surface area contributed by atoms with Crippen molar-refractivity contribution in [1.29, 1.82) is 0 Å². The van der Waals surface area contributed by atoms with E-state index in [1.807, 2.05) is 19.1 Å². The van der Waals surface area contributed by atoms with Crippen molar-refractivity contribution in [3.63, 3.8) is 0 Å². The summed E-state index contributed by atoms with van der Waals surface area (Å²) in [5.74, 6) is -2.40. The number of benzene rings is 3. The van der Waals surface area contributed by atoms with E-state index in [9.17, 15) is 29.3 Å². The van der Waals surface area contributed by atoms with Gasteiger partial charge in [-0.05, 0) is 48.9 Å². The monoisotopic (exact) mass is 535 g/mol. The van der Waals surface area contributed by atoms with Gasteiger partial charge in [-0.2, -0.15) is 0 Å². The van der Waals surface area contributed by atoms with Crippen molar-refractivity contribution < 1.29 is 28.8 Å². The van der Waals surface area contributed by atoms with Crippen LogP contribution in [0.15, 0.2) is 66.7 Å². The Labute approximate surface area is 222 Å². The van der Waals surface area contributed by atoms with E-state index in [0.29, 0.717) is 5.56 Å². The Morgan fingerprint density at radius 1 is 1.05 bits per heavy atom. The molecule has 3 aromatic rings. The number of aryl methyl sites for hydroxylation is 1. The molecule has 0 aliphatic carbocycles. The number of nitrogens with zero attached hydrogens (tertiary/aromatic N) is 3. The highest BCUT2D eigenvalue weighted by Gasteiger charge is 2.44. The second kappa shape index (κ2) is 10.8. The molecule has 1 aliphatic rings. The normalized spacial score (nSPS) is 14.9. The number of hydrogen-bond acceptors (Lipinski definition) is 7. The maximum absolute atomic E-state index is 13.7. The van der Waals surface area contributed by atoms with E-state index in [1.54, 1.807) is 12.1 Å². The molecule has 1 saturated heterocycles. The topological polar surface area (TPSA) is 127 Å². The van der Waals surface area contributed by atoms with Crippen molar-refractivity contribution in [2.24, 2.45) is 0 Å². The van der Waals surface area contributed by atoms with Crippen LogP contribution in [-0.4, -0.2) is 46.7 Å². The molecule has 10 nitrogen and oxygen atoms in total. The molecular weight excluding hydrogens is 514 g/mol. The molecule has 4 rings (SSSR count). The van der Waals surface area contributed by atoms with Gasteiger partial charge in [-0.25, -0.2) is 9.69 Å². The van der Waals surface area contributed by atoms with Gasteiger partial charge in [0.25, 0.3) is 17.5 Å². The first kappa shape index (κ1) is 26.5. The average Bonchev–Trinajstić information content (AvgIpc) is 3.20. The number of carbonyl (C=O) groups is 4. The second-order valence-corrected chi connectivity index (χ2v) is 9.07. The van der Waals surface area contributed by atoms with Gasteiger partial charge in [-0.1, -0.05) is 41.4 Å². The number of rotatable bonds is 7. The fourth-order valence-electron chi connectivity index (χ4n) is 4.16. The first-order valence-corrected chi connectivity index (χ1v) is 11.8. The number of esters is 1. The lowest BCUT2D eigenvalue weighted by Gasteiger charge is -2.28. The van der Waals surface area contributed by atoms with E-state index in [4.69, 9.17) is 11.6 Å². The fourth-order valence-corrected chi connectivity index (χ4v) is 4.35. The van der Waals surface area contributed by atoms with E-state index in [2.05, 4.69) is 4.74 Å². The Kier molecular flexibility index (Phi) is 7.54. The molecule has 0 aromatic heterocycles. The molecule has 1 unspecified atom stereocenters. The molecular formula is C27H22ClN3O7.